The molecule has 0 unspecified atom stereocenters. The number of methoxy groups -OCH3 is 1. The normalized spacial score (nSPS) is 10.8. The fourth-order valence-corrected chi connectivity index (χ4v) is 1.98. The highest BCUT2D eigenvalue weighted by molar-refractivity contribution is 5.61. The van der Waals surface area contributed by atoms with E-state index in [2.05, 4.69) is 29.3 Å². The standard InChI is InChI=1S/C14H13N3O/c1-10-4-3-5-11(8-10)14-16-15-13-9-12(18-2)6-7-17(13)14/h3-9H,1-2H3. The minimum atomic E-state index is 0.783. The van der Waals surface area contributed by atoms with Gasteiger partial charge in [0.05, 0.1) is 7.11 Å². The highest BCUT2D eigenvalue weighted by atomic mass is 16.5. The van der Waals surface area contributed by atoms with Gasteiger partial charge in [0.2, 0.25) is 0 Å². The molecule has 18 heavy (non-hydrogen) atoms. The highest BCUT2D eigenvalue weighted by Crippen LogP contribution is 2.21. The van der Waals surface area contributed by atoms with Crippen molar-refractivity contribution in [3.8, 4) is 17.1 Å². The van der Waals surface area contributed by atoms with Crippen molar-refractivity contribution < 1.29 is 4.74 Å². The molecular formula is C14H13N3O. The summed E-state index contributed by atoms with van der Waals surface area (Å²) in [4.78, 5) is 0. The second-order valence-corrected chi connectivity index (χ2v) is 4.19. The quantitative estimate of drug-likeness (QED) is 0.690. The summed E-state index contributed by atoms with van der Waals surface area (Å²) in [6.45, 7) is 2.07. The molecule has 0 radical (unpaired) electrons. The minimum Gasteiger partial charge on any atom is -0.497 e. The maximum Gasteiger partial charge on any atom is 0.168 e. The Kier molecular flexibility index (Phi) is 2.48. The summed E-state index contributed by atoms with van der Waals surface area (Å²) in [5.74, 6) is 1.63. The topological polar surface area (TPSA) is 39.4 Å². The van der Waals surface area contributed by atoms with Crippen LogP contribution in [0.1, 0.15) is 5.56 Å². The number of benzene rings is 1. The number of hydrogen-bond donors (Lipinski definition) is 0. The molecule has 4 heteroatoms. The molecule has 0 saturated carbocycles. The van der Waals surface area contributed by atoms with E-state index in [-0.39, 0.29) is 0 Å². The predicted molar refractivity (Wildman–Crippen MR) is 69.7 cm³/mol. The fourth-order valence-electron chi connectivity index (χ4n) is 1.98. The molecule has 3 rings (SSSR count). The van der Waals surface area contributed by atoms with Crippen LogP contribution < -0.4 is 4.74 Å². The van der Waals surface area contributed by atoms with E-state index in [4.69, 9.17) is 4.74 Å². The van der Waals surface area contributed by atoms with Gasteiger partial charge >= 0.3 is 0 Å². The Labute approximate surface area is 105 Å². The molecule has 0 aliphatic heterocycles. The van der Waals surface area contributed by atoms with Gasteiger partial charge in [-0.25, -0.2) is 0 Å². The van der Waals surface area contributed by atoms with Crippen molar-refractivity contribution in [3.63, 3.8) is 0 Å². The van der Waals surface area contributed by atoms with Crippen LogP contribution in [-0.2, 0) is 0 Å². The number of fused-ring (bicyclic) bond motifs is 1. The van der Waals surface area contributed by atoms with Gasteiger partial charge < -0.3 is 4.74 Å². The molecule has 1 aromatic carbocycles. The first kappa shape index (κ1) is 10.8. The third kappa shape index (κ3) is 1.72. The summed E-state index contributed by atoms with van der Waals surface area (Å²) in [5.41, 5.74) is 3.05. The molecule has 0 fully saturated rings. The highest BCUT2D eigenvalue weighted by Gasteiger charge is 2.08. The third-order valence-corrected chi connectivity index (χ3v) is 2.89. The van der Waals surface area contributed by atoms with Gasteiger partial charge in [0.15, 0.2) is 11.5 Å². The van der Waals surface area contributed by atoms with Crippen LogP contribution in [0.15, 0.2) is 42.6 Å². The van der Waals surface area contributed by atoms with Crippen LogP contribution in [0.3, 0.4) is 0 Å². The number of aromatic nitrogens is 3. The fraction of sp³-hybridized carbons (Fsp3) is 0.143. The lowest BCUT2D eigenvalue weighted by molar-refractivity contribution is 0.414. The molecule has 0 saturated heterocycles. The average molecular weight is 239 g/mol. The number of hydrogen-bond acceptors (Lipinski definition) is 3. The van der Waals surface area contributed by atoms with E-state index in [0.29, 0.717) is 0 Å². The van der Waals surface area contributed by atoms with Gasteiger partial charge in [0.1, 0.15) is 5.75 Å². The monoisotopic (exact) mass is 239 g/mol. The summed E-state index contributed by atoms with van der Waals surface area (Å²) in [7, 11) is 1.64. The van der Waals surface area contributed by atoms with Gasteiger partial charge in [0.25, 0.3) is 0 Å². The Balaban J connectivity index is 2.18. The van der Waals surface area contributed by atoms with Crippen molar-refractivity contribution in [2.75, 3.05) is 7.11 Å². The molecule has 90 valence electrons. The lowest BCUT2D eigenvalue weighted by atomic mass is 10.1. The molecule has 0 aliphatic rings. The zero-order chi connectivity index (χ0) is 12.5. The van der Waals surface area contributed by atoms with Crippen LogP contribution in [-0.4, -0.2) is 21.7 Å². The molecule has 0 bridgehead atoms. The number of nitrogens with zero attached hydrogens (tertiary/aromatic N) is 3. The average Bonchev–Trinajstić information content (AvgIpc) is 2.81. The summed E-state index contributed by atoms with van der Waals surface area (Å²) >= 11 is 0. The van der Waals surface area contributed by atoms with Crippen molar-refractivity contribution in [2.45, 2.75) is 6.92 Å². The first-order valence-electron chi connectivity index (χ1n) is 5.74. The number of aryl methyl sites for hydroxylation is 1. The minimum absolute atomic E-state index is 0.783. The van der Waals surface area contributed by atoms with E-state index in [9.17, 15) is 0 Å². The van der Waals surface area contributed by atoms with Crippen LogP contribution in [0.25, 0.3) is 17.0 Å². The molecule has 0 atom stereocenters. The second-order valence-electron chi connectivity index (χ2n) is 4.19. The van der Waals surface area contributed by atoms with Gasteiger partial charge in [-0.15, -0.1) is 10.2 Å². The van der Waals surface area contributed by atoms with Crippen molar-refractivity contribution >= 4 is 5.65 Å². The van der Waals surface area contributed by atoms with E-state index in [1.54, 1.807) is 7.11 Å². The maximum atomic E-state index is 5.18. The molecule has 0 N–H and O–H groups in total. The lowest BCUT2D eigenvalue weighted by Crippen LogP contribution is -1.91. The Bertz CT molecular complexity index is 703. The first-order valence-corrected chi connectivity index (χ1v) is 5.74. The Morgan fingerprint density at radius 3 is 2.78 bits per heavy atom. The summed E-state index contributed by atoms with van der Waals surface area (Å²) in [6, 6.07) is 12.0. The zero-order valence-corrected chi connectivity index (χ0v) is 10.3. The van der Waals surface area contributed by atoms with E-state index in [0.717, 1.165) is 22.8 Å². The molecule has 4 nitrogen and oxygen atoms in total. The van der Waals surface area contributed by atoms with Crippen LogP contribution in [0.4, 0.5) is 0 Å². The Morgan fingerprint density at radius 2 is 2.00 bits per heavy atom. The third-order valence-electron chi connectivity index (χ3n) is 2.89. The largest absolute Gasteiger partial charge is 0.497 e. The SMILES string of the molecule is COc1ccn2c(-c3cccc(C)c3)nnc2c1. The van der Waals surface area contributed by atoms with Crippen molar-refractivity contribution in [1.82, 2.24) is 14.6 Å². The Hall–Kier alpha value is -2.36. The van der Waals surface area contributed by atoms with Gasteiger partial charge in [-0.3, -0.25) is 4.40 Å². The van der Waals surface area contributed by atoms with Gasteiger partial charge in [-0.1, -0.05) is 23.8 Å². The Morgan fingerprint density at radius 1 is 1.11 bits per heavy atom. The van der Waals surface area contributed by atoms with Gasteiger partial charge in [0, 0.05) is 17.8 Å². The van der Waals surface area contributed by atoms with Crippen molar-refractivity contribution in [2.24, 2.45) is 0 Å². The molecule has 0 spiro atoms. The van der Waals surface area contributed by atoms with Crippen LogP contribution in [0.5, 0.6) is 5.75 Å². The first-order chi connectivity index (χ1) is 8.78. The number of ether oxygens (including phenoxy) is 1. The molecule has 3 aromatic rings. The van der Waals surface area contributed by atoms with Crippen molar-refractivity contribution in [3.05, 3.63) is 48.2 Å². The van der Waals surface area contributed by atoms with E-state index < -0.39 is 0 Å². The number of pyridine rings is 1. The smallest absolute Gasteiger partial charge is 0.168 e. The van der Waals surface area contributed by atoms with E-state index in [1.807, 2.05) is 34.9 Å². The molecule has 0 aliphatic carbocycles. The van der Waals surface area contributed by atoms with E-state index in [1.165, 1.54) is 5.56 Å². The summed E-state index contributed by atoms with van der Waals surface area (Å²) in [5, 5.41) is 8.41. The van der Waals surface area contributed by atoms with Crippen LogP contribution >= 0.6 is 0 Å². The summed E-state index contributed by atoms with van der Waals surface area (Å²) in [6.07, 6.45) is 1.92. The van der Waals surface area contributed by atoms with Gasteiger partial charge in [-0.05, 0) is 19.1 Å². The lowest BCUT2D eigenvalue weighted by Gasteiger charge is -2.02. The van der Waals surface area contributed by atoms with Crippen LogP contribution in [0.2, 0.25) is 0 Å². The molecule has 0 amide bonds. The van der Waals surface area contributed by atoms with Gasteiger partial charge in [-0.2, -0.15) is 0 Å². The molecule has 2 aromatic heterocycles. The maximum absolute atomic E-state index is 5.18. The summed E-state index contributed by atoms with van der Waals surface area (Å²) < 4.78 is 7.13. The van der Waals surface area contributed by atoms with E-state index >= 15 is 0 Å². The van der Waals surface area contributed by atoms with Crippen LogP contribution in [0, 0.1) is 6.92 Å². The predicted octanol–water partition coefficient (Wildman–Crippen LogP) is 2.71. The van der Waals surface area contributed by atoms with Crippen molar-refractivity contribution in [1.29, 1.82) is 0 Å². The number of rotatable bonds is 2. The second kappa shape index (κ2) is 4.14. The zero-order valence-electron chi connectivity index (χ0n) is 10.3. The molecular weight excluding hydrogens is 226 g/mol. The molecule has 2 heterocycles.